The molecule has 0 bridgehead atoms. The lowest BCUT2D eigenvalue weighted by Gasteiger charge is -1.89. The first-order chi connectivity index (χ1) is 4.66. The third kappa shape index (κ3) is 0.786. The molecule has 0 radical (unpaired) electrons. The number of thiazole rings is 1. The average molecular weight is 155 g/mol. The highest BCUT2D eigenvalue weighted by Gasteiger charge is 2.06. The fraction of sp³-hybridized carbons (Fsp3) is 0.200. The molecule has 4 nitrogen and oxygen atoms in total. The minimum atomic E-state index is -0.200. The SMILES string of the molecule is Cn1c(N)c(C#N)sc1=O. The molecule has 2 N–H and O–H groups in total. The van der Waals surface area contributed by atoms with Gasteiger partial charge in [0.2, 0.25) is 0 Å². The van der Waals surface area contributed by atoms with Gasteiger partial charge in [0.25, 0.3) is 0 Å². The van der Waals surface area contributed by atoms with Crippen LogP contribution >= 0.6 is 11.3 Å². The zero-order valence-electron chi connectivity index (χ0n) is 5.29. The standard InChI is InChI=1S/C5H5N3OS/c1-8-4(7)3(2-6)10-5(8)9/h7H2,1H3. The maximum atomic E-state index is 10.8. The zero-order chi connectivity index (χ0) is 7.72. The van der Waals surface area contributed by atoms with Crippen molar-refractivity contribution in [3.63, 3.8) is 0 Å². The Hall–Kier alpha value is -1.28. The largest absolute Gasteiger partial charge is 0.383 e. The molecule has 0 fully saturated rings. The van der Waals surface area contributed by atoms with E-state index in [2.05, 4.69) is 0 Å². The number of hydrogen-bond acceptors (Lipinski definition) is 4. The summed E-state index contributed by atoms with van der Waals surface area (Å²) in [5, 5.41) is 8.38. The molecule has 0 saturated heterocycles. The van der Waals surface area contributed by atoms with E-state index in [9.17, 15) is 4.79 Å². The highest BCUT2D eigenvalue weighted by Crippen LogP contribution is 2.10. The van der Waals surface area contributed by atoms with Crippen LogP contribution in [0.15, 0.2) is 4.79 Å². The zero-order valence-corrected chi connectivity index (χ0v) is 6.10. The average Bonchev–Trinajstić information content (AvgIpc) is 2.17. The molecule has 0 aliphatic rings. The molecule has 5 heteroatoms. The van der Waals surface area contributed by atoms with Gasteiger partial charge in [0.15, 0.2) is 0 Å². The maximum Gasteiger partial charge on any atom is 0.309 e. The Labute approximate surface area is 61.1 Å². The van der Waals surface area contributed by atoms with Crippen molar-refractivity contribution in [2.45, 2.75) is 0 Å². The number of aromatic nitrogens is 1. The number of hydrogen-bond donors (Lipinski definition) is 1. The predicted octanol–water partition coefficient (Wildman–Crippen LogP) is -0.0993. The Morgan fingerprint density at radius 2 is 2.40 bits per heavy atom. The molecule has 1 heterocycles. The second-order valence-corrected chi connectivity index (χ2v) is 2.71. The Morgan fingerprint density at radius 1 is 1.80 bits per heavy atom. The summed E-state index contributed by atoms with van der Waals surface area (Å²) in [5.74, 6) is 0.248. The maximum absolute atomic E-state index is 10.8. The summed E-state index contributed by atoms with van der Waals surface area (Å²) in [5.41, 5.74) is 5.36. The van der Waals surface area contributed by atoms with Gasteiger partial charge in [0.1, 0.15) is 16.8 Å². The molecule has 1 aromatic rings. The van der Waals surface area contributed by atoms with Crippen molar-refractivity contribution in [2.75, 3.05) is 5.73 Å². The van der Waals surface area contributed by atoms with Crippen molar-refractivity contribution in [2.24, 2.45) is 7.05 Å². The molecule has 0 spiro atoms. The second-order valence-electron chi connectivity index (χ2n) is 1.75. The molecule has 0 aliphatic carbocycles. The van der Waals surface area contributed by atoms with Gasteiger partial charge in [-0.3, -0.25) is 9.36 Å². The van der Waals surface area contributed by atoms with Gasteiger partial charge < -0.3 is 5.73 Å². The lowest BCUT2D eigenvalue weighted by Crippen LogP contribution is -2.09. The van der Waals surface area contributed by atoms with Gasteiger partial charge in [0.05, 0.1) is 0 Å². The fourth-order valence-electron chi connectivity index (χ4n) is 0.539. The number of rotatable bonds is 0. The molecule has 1 aromatic heterocycles. The molecular formula is C5H5N3OS. The first-order valence-electron chi connectivity index (χ1n) is 2.52. The van der Waals surface area contributed by atoms with E-state index in [1.807, 2.05) is 6.07 Å². The van der Waals surface area contributed by atoms with Crippen molar-refractivity contribution < 1.29 is 0 Å². The number of nitrogen functional groups attached to an aromatic ring is 1. The number of nitrogens with two attached hydrogens (primary N) is 1. The van der Waals surface area contributed by atoms with Crippen molar-refractivity contribution >= 4 is 17.2 Å². The van der Waals surface area contributed by atoms with E-state index in [0.717, 1.165) is 11.3 Å². The molecule has 0 aliphatic heterocycles. The van der Waals surface area contributed by atoms with Crippen LogP contribution in [0.5, 0.6) is 0 Å². The minimum absolute atomic E-state index is 0.200. The first-order valence-corrected chi connectivity index (χ1v) is 3.34. The van der Waals surface area contributed by atoms with Gasteiger partial charge in [-0.05, 0) is 0 Å². The van der Waals surface area contributed by atoms with Crippen LogP contribution in [-0.4, -0.2) is 4.57 Å². The predicted molar refractivity (Wildman–Crippen MR) is 38.7 cm³/mol. The van der Waals surface area contributed by atoms with Gasteiger partial charge in [-0.1, -0.05) is 11.3 Å². The number of nitrogens with zero attached hydrogens (tertiary/aromatic N) is 2. The van der Waals surface area contributed by atoms with E-state index >= 15 is 0 Å². The van der Waals surface area contributed by atoms with Gasteiger partial charge in [-0.25, -0.2) is 0 Å². The third-order valence-electron chi connectivity index (χ3n) is 1.16. The van der Waals surface area contributed by atoms with Crippen LogP contribution in [0.3, 0.4) is 0 Å². The number of nitriles is 1. The van der Waals surface area contributed by atoms with Crippen molar-refractivity contribution in [1.29, 1.82) is 5.26 Å². The number of anilines is 1. The van der Waals surface area contributed by atoms with Gasteiger partial charge in [-0.15, -0.1) is 0 Å². The quantitative estimate of drug-likeness (QED) is 0.568. The van der Waals surface area contributed by atoms with Crippen LogP contribution < -0.4 is 10.6 Å². The van der Waals surface area contributed by atoms with E-state index < -0.39 is 0 Å². The monoisotopic (exact) mass is 155 g/mol. The Bertz CT molecular complexity index is 343. The highest BCUT2D eigenvalue weighted by atomic mass is 32.1. The summed E-state index contributed by atoms with van der Waals surface area (Å²) in [4.78, 5) is 10.9. The summed E-state index contributed by atoms with van der Waals surface area (Å²) in [6.07, 6.45) is 0. The van der Waals surface area contributed by atoms with Gasteiger partial charge >= 0.3 is 4.87 Å². The molecule has 0 aromatic carbocycles. The van der Waals surface area contributed by atoms with Gasteiger partial charge in [-0.2, -0.15) is 5.26 Å². The van der Waals surface area contributed by atoms with E-state index in [1.165, 1.54) is 11.6 Å². The summed E-state index contributed by atoms with van der Waals surface area (Å²) < 4.78 is 1.25. The Kier molecular flexibility index (Phi) is 1.47. The summed E-state index contributed by atoms with van der Waals surface area (Å²) in [6.45, 7) is 0. The molecule has 1 rings (SSSR count). The molecule has 0 amide bonds. The molecular weight excluding hydrogens is 150 g/mol. The van der Waals surface area contributed by atoms with Gasteiger partial charge in [0, 0.05) is 7.05 Å². The summed E-state index contributed by atoms with van der Waals surface area (Å²) in [7, 11) is 1.54. The molecule has 52 valence electrons. The van der Waals surface area contributed by atoms with E-state index in [-0.39, 0.29) is 15.6 Å². The Balaban J connectivity index is 3.50. The topological polar surface area (TPSA) is 71.8 Å². The molecule has 0 atom stereocenters. The first kappa shape index (κ1) is 6.83. The smallest absolute Gasteiger partial charge is 0.309 e. The van der Waals surface area contributed by atoms with Crippen LogP contribution in [0.2, 0.25) is 0 Å². The Morgan fingerprint density at radius 3 is 2.60 bits per heavy atom. The molecule has 0 saturated carbocycles. The summed E-state index contributed by atoms with van der Waals surface area (Å²) in [6, 6.07) is 1.83. The van der Waals surface area contributed by atoms with Crippen LogP contribution in [-0.2, 0) is 7.05 Å². The van der Waals surface area contributed by atoms with Crippen molar-refractivity contribution in [1.82, 2.24) is 4.57 Å². The van der Waals surface area contributed by atoms with E-state index in [0.29, 0.717) is 0 Å². The van der Waals surface area contributed by atoms with Crippen LogP contribution in [0.4, 0.5) is 5.82 Å². The summed E-state index contributed by atoms with van der Waals surface area (Å²) >= 11 is 0.862. The van der Waals surface area contributed by atoms with Crippen LogP contribution in [0.1, 0.15) is 4.88 Å². The van der Waals surface area contributed by atoms with Crippen molar-refractivity contribution in [3.05, 3.63) is 14.5 Å². The van der Waals surface area contributed by atoms with E-state index in [4.69, 9.17) is 11.0 Å². The lowest BCUT2D eigenvalue weighted by atomic mass is 10.5. The molecule has 0 unspecified atom stereocenters. The fourth-order valence-corrected chi connectivity index (χ4v) is 1.24. The molecule has 10 heavy (non-hydrogen) atoms. The second kappa shape index (κ2) is 2.15. The van der Waals surface area contributed by atoms with Crippen LogP contribution in [0, 0.1) is 11.3 Å². The third-order valence-corrected chi connectivity index (χ3v) is 2.11. The highest BCUT2D eigenvalue weighted by molar-refractivity contribution is 7.10. The normalized spacial score (nSPS) is 9.20. The van der Waals surface area contributed by atoms with E-state index in [1.54, 1.807) is 0 Å². The van der Waals surface area contributed by atoms with Crippen LogP contribution in [0.25, 0.3) is 0 Å². The lowest BCUT2D eigenvalue weighted by molar-refractivity contribution is 0.909. The minimum Gasteiger partial charge on any atom is -0.383 e. The van der Waals surface area contributed by atoms with Crippen molar-refractivity contribution in [3.8, 4) is 6.07 Å².